The number of thiophene rings is 1. The first-order chi connectivity index (χ1) is 9.19. The van der Waals surface area contributed by atoms with Crippen molar-refractivity contribution in [2.75, 3.05) is 18.1 Å². The number of hydrogen-bond donors (Lipinski definition) is 2. The van der Waals surface area contributed by atoms with Crippen molar-refractivity contribution in [1.29, 1.82) is 0 Å². The molecule has 1 amide bonds. The van der Waals surface area contributed by atoms with E-state index in [1.165, 1.54) is 11.3 Å². The average molecular weight is 296 g/mol. The van der Waals surface area contributed by atoms with Gasteiger partial charge in [-0.3, -0.25) is 9.00 Å². The number of nitrogens with one attached hydrogen (secondary N) is 1. The fourth-order valence-electron chi connectivity index (χ4n) is 1.87. The van der Waals surface area contributed by atoms with Gasteiger partial charge in [-0.25, -0.2) is 0 Å². The van der Waals surface area contributed by atoms with Crippen LogP contribution in [0.5, 0.6) is 0 Å². The number of rotatable bonds is 2. The van der Waals surface area contributed by atoms with Gasteiger partial charge < -0.3 is 11.1 Å². The van der Waals surface area contributed by atoms with Gasteiger partial charge >= 0.3 is 0 Å². The molecule has 3 N–H and O–H groups in total. The summed E-state index contributed by atoms with van der Waals surface area (Å²) < 4.78 is 11.2. The zero-order chi connectivity index (χ0) is 13.7. The van der Waals surface area contributed by atoms with Gasteiger partial charge in [0.2, 0.25) is 0 Å². The third-order valence-electron chi connectivity index (χ3n) is 2.90. The number of nitrogens with two attached hydrogens (primary N) is 1. The normalized spacial score (nSPS) is 22.4. The van der Waals surface area contributed by atoms with Gasteiger partial charge in [0, 0.05) is 33.7 Å². The second-order valence-corrected chi connectivity index (χ2v) is 6.91. The number of carbonyl (C=O) groups is 1. The first-order valence-electron chi connectivity index (χ1n) is 6.12. The van der Waals surface area contributed by atoms with E-state index in [1.807, 2.05) is 0 Å². The summed E-state index contributed by atoms with van der Waals surface area (Å²) in [6.45, 7) is 0.318. The SMILES string of the molecule is NCC#Cc1cc(C(=O)NC2CCS(=O)CC2)cs1. The van der Waals surface area contributed by atoms with Crippen LogP contribution in [-0.2, 0) is 10.8 Å². The van der Waals surface area contributed by atoms with Crippen molar-refractivity contribution in [1.82, 2.24) is 5.32 Å². The molecule has 0 radical (unpaired) electrons. The van der Waals surface area contributed by atoms with Crippen LogP contribution < -0.4 is 11.1 Å². The van der Waals surface area contributed by atoms with Gasteiger partial charge in [0.25, 0.3) is 5.91 Å². The average Bonchev–Trinajstić information content (AvgIpc) is 2.88. The predicted molar refractivity (Wildman–Crippen MR) is 78.6 cm³/mol. The second-order valence-electron chi connectivity index (χ2n) is 4.30. The molecule has 0 aromatic carbocycles. The van der Waals surface area contributed by atoms with Crippen molar-refractivity contribution < 1.29 is 9.00 Å². The van der Waals surface area contributed by atoms with E-state index in [0.29, 0.717) is 23.6 Å². The molecule has 0 aliphatic carbocycles. The summed E-state index contributed by atoms with van der Waals surface area (Å²) in [6, 6.07) is 1.92. The monoisotopic (exact) mass is 296 g/mol. The van der Waals surface area contributed by atoms with E-state index in [2.05, 4.69) is 17.2 Å². The van der Waals surface area contributed by atoms with E-state index in [4.69, 9.17) is 5.73 Å². The fourth-order valence-corrected chi connectivity index (χ4v) is 3.92. The first-order valence-corrected chi connectivity index (χ1v) is 8.49. The Hall–Kier alpha value is -1.16. The molecule has 6 heteroatoms. The lowest BCUT2D eigenvalue weighted by Crippen LogP contribution is -2.39. The number of hydrogen-bond acceptors (Lipinski definition) is 4. The van der Waals surface area contributed by atoms with Crippen LogP contribution >= 0.6 is 11.3 Å². The lowest BCUT2D eigenvalue weighted by Gasteiger charge is -2.22. The van der Waals surface area contributed by atoms with Crippen LogP contribution in [0.15, 0.2) is 11.4 Å². The van der Waals surface area contributed by atoms with Crippen molar-refractivity contribution in [3.05, 3.63) is 21.9 Å². The zero-order valence-corrected chi connectivity index (χ0v) is 12.1. The maximum atomic E-state index is 12.0. The molecular formula is C13H16N2O2S2. The maximum Gasteiger partial charge on any atom is 0.252 e. The second kappa shape index (κ2) is 6.85. The summed E-state index contributed by atoms with van der Waals surface area (Å²) in [4.78, 5) is 12.9. The molecule has 1 aromatic rings. The molecular weight excluding hydrogens is 280 g/mol. The Bertz CT molecular complexity index is 532. The van der Waals surface area contributed by atoms with Crippen LogP contribution in [0.3, 0.4) is 0 Å². The smallest absolute Gasteiger partial charge is 0.252 e. The summed E-state index contributed by atoms with van der Waals surface area (Å²) in [7, 11) is -0.699. The van der Waals surface area contributed by atoms with E-state index in [-0.39, 0.29) is 11.9 Å². The molecule has 0 saturated carbocycles. The zero-order valence-electron chi connectivity index (χ0n) is 10.5. The van der Waals surface area contributed by atoms with Crippen LogP contribution in [0.4, 0.5) is 0 Å². The highest BCUT2D eigenvalue weighted by Gasteiger charge is 2.20. The van der Waals surface area contributed by atoms with E-state index in [1.54, 1.807) is 11.4 Å². The highest BCUT2D eigenvalue weighted by Crippen LogP contribution is 2.15. The van der Waals surface area contributed by atoms with Crippen LogP contribution in [0.25, 0.3) is 0 Å². The van der Waals surface area contributed by atoms with E-state index >= 15 is 0 Å². The molecule has 102 valence electrons. The molecule has 2 rings (SSSR count). The quantitative estimate of drug-likeness (QED) is 0.789. The molecule has 1 aromatic heterocycles. The topological polar surface area (TPSA) is 72.2 Å². The summed E-state index contributed by atoms with van der Waals surface area (Å²) in [5.74, 6) is 6.97. The molecule has 1 fully saturated rings. The maximum absolute atomic E-state index is 12.0. The van der Waals surface area contributed by atoms with Gasteiger partial charge in [-0.2, -0.15) is 0 Å². The molecule has 1 aliphatic heterocycles. The Balaban J connectivity index is 1.92. The molecule has 1 aliphatic rings. The molecule has 1 saturated heterocycles. The van der Waals surface area contributed by atoms with Crippen molar-refractivity contribution in [3.8, 4) is 11.8 Å². The minimum absolute atomic E-state index is 0.0743. The molecule has 0 unspecified atom stereocenters. The van der Waals surface area contributed by atoms with E-state index < -0.39 is 10.8 Å². The van der Waals surface area contributed by atoms with Gasteiger partial charge in [-0.1, -0.05) is 11.8 Å². The van der Waals surface area contributed by atoms with Crippen LogP contribution in [0.2, 0.25) is 0 Å². The minimum atomic E-state index is -0.699. The van der Waals surface area contributed by atoms with Crippen LogP contribution in [0.1, 0.15) is 28.1 Å². The Morgan fingerprint density at radius 2 is 2.26 bits per heavy atom. The molecule has 4 nitrogen and oxygen atoms in total. The lowest BCUT2D eigenvalue weighted by molar-refractivity contribution is 0.0935. The standard InChI is InChI=1S/C13H16N2O2S2/c14-5-1-2-12-8-10(9-18-12)13(16)15-11-3-6-19(17)7-4-11/h8-9,11H,3-7,14H2,(H,15,16). The summed E-state index contributed by atoms with van der Waals surface area (Å²) >= 11 is 1.44. The van der Waals surface area contributed by atoms with Crippen LogP contribution in [-0.4, -0.2) is 34.2 Å². The van der Waals surface area contributed by atoms with Gasteiger partial charge in [0.05, 0.1) is 17.0 Å². The first kappa shape index (κ1) is 14.3. The molecule has 0 atom stereocenters. The largest absolute Gasteiger partial charge is 0.349 e. The lowest BCUT2D eigenvalue weighted by atomic mass is 10.1. The Morgan fingerprint density at radius 1 is 1.53 bits per heavy atom. The molecule has 19 heavy (non-hydrogen) atoms. The minimum Gasteiger partial charge on any atom is -0.349 e. The number of amides is 1. The van der Waals surface area contributed by atoms with Crippen molar-refractivity contribution >= 4 is 28.0 Å². The number of carbonyl (C=O) groups excluding carboxylic acids is 1. The third-order valence-corrected chi connectivity index (χ3v) is 5.13. The van der Waals surface area contributed by atoms with Gasteiger partial charge in [0.1, 0.15) is 0 Å². The summed E-state index contributed by atoms with van der Waals surface area (Å²) in [5, 5.41) is 4.79. The highest BCUT2D eigenvalue weighted by molar-refractivity contribution is 7.85. The van der Waals surface area contributed by atoms with Gasteiger partial charge in [0.15, 0.2) is 0 Å². The van der Waals surface area contributed by atoms with E-state index in [9.17, 15) is 9.00 Å². The highest BCUT2D eigenvalue weighted by atomic mass is 32.2. The van der Waals surface area contributed by atoms with Crippen molar-refractivity contribution in [3.63, 3.8) is 0 Å². The molecule has 0 spiro atoms. The van der Waals surface area contributed by atoms with Crippen LogP contribution in [0, 0.1) is 11.8 Å². The Labute approximate surface area is 119 Å². The van der Waals surface area contributed by atoms with E-state index in [0.717, 1.165) is 17.7 Å². The van der Waals surface area contributed by atoms with Gasteiger partial charge in [-0.05, 0) is 18.9 Å². The Kier molecular flexibility index (Phi) is 5.14. The summed E-state index contributed by atoms with van der Waals surface area (Å²) in [5.41, 5.74) is 5.94. The van der Waals surface area contributed by atoms with Crippen molar-refractivity contribution in [2.45, 2.75) is 18.9 Å². The fraction of sp³-hybridized carbons (Fsp3) is 0.462. The summed E-state index contributed by atoms with van der Waals surface area (Å²) in [6.07, 6.45) is 1.59. The Morgan fingerprint density at radius 3 is 2.95 bits per heavy atom. The third kappa shape index (κ3) is 4.16. The molecule has 0 bridgehead atoms. The van der Waals surface area contributed by atoms with Crippen molar-refractivity contribution in [2.24, 2.45) is 5.73 Å². The molecule has 2 heterocycles. The predicted octanol–water partition coefficient (Wildman–Crippen LogP) is 0.699. The van der Waals surface area contributed by atoms with Gasteiger partial charge in [-0.15, -0.1) is 11.3 Å².